The summed E-state index contributed by atoms with van der Waals surface area (Å²) in [7, 11) is 2.01. The zero-order valence-electron chi connectivity index (χ0n) is 6.29. The van der Waals surface area contributed by atoms with Crippen molar-refractivity contribution >= 4 is 11.6 Å². The SMILES string of the molecule is CCC[n+]1cc2oc1n2C. The number of rotatable bonds is 2. The van der Waals surface area contributed by atoms with E-state index < -0.39 is 0 Å². The minimum absolute atomic E-state index is 0.975. The van der Waals surface area contributed by atoms with E-state index in [2.05, 4.69) is 16.1 Å². The van der Waals surface area contributed by atoms with E-state index in [-0.39, 0.29) is 0 Å². The molecule has 0 saturated heterocycles. The topological polar surface area (TPSA) is 21.9 Å². The van der Waals surface area contributed by atoms with E-state index in [9.17, 15) is 0 Å². The van der Waals surface area contributed by atoms with Crippen LogP contribution in [0.25, 0.3) is 11.6 Å². The average Bonchev–Trinajstić information content (AvgIpc) is 2.44. The maximum absolute atomic E-state index is 5.26. The lowest BCUT2D eigenvalue weighted by molar-refractivity contribution is -0.673. The van der Waals surface area contributed by atoms with Gasteiger partial charge in [0.15, 0.2) is 6.20 Å². The highest BCUT2D eigenvalue weighted by Crippen LogP contribution is 2.12. The van der Waals surface area contributed by atoms with E-state index in [0.29, 0.717) is 0 Å². The van der Waals surface area contributed by atoms with Crippen molar-refractivity contribution in [3.63, 3.8) is 0 Å². The zero-order chi connectivity index (χ0) is 7.14. The molecule has 3 heterocycles. The Morgan fingerprint density at radius 1 is 1.70 bits per heavy atom. The highest BCUT2D eigenvalue weighted by Gasteiger charge is 2.23. The van der Waals surface area contributed by atoms with Gasteiger partial charge in [-0.1, -0.05) is 6.92 Å². The molecule has 0 aliphatic rings. The Balaban J connectivity index is 2.39. The smallest absolute Gasteiger partial charge is 0.350 e. The van der Waals surface area contributed by atoms with Gasteiger partial charge in [-0.25, -0.2) is 0 Å². The summed E-state index contributed by atoms with van der Waals surface area (Å²) < 4.78 is 9.44. The van der Waals surface area contributed by atoms with Crippen molar-refractivity contribution in [3.8, 4) is 0 Å². The minimum Gasteiger partial charge on any atom is -0.350 e. The highest BCUT2D eigenvalue weighted by molar-refractivity contribution is 5.43. The first-order chi connectivity index (χ1) is 4.83. The van der Waals surface area contributed by atoms with Gasteiger partial charge in [0.1, 0.15) is 0 Å². The molecule has 0 saturated carbocycles. The molecule has 0 amide bonds. The van der Waals surface area contributed by atoms with Crippen LogP contribution in [0.2, 0.25) is 0 Å². The van der Waals surface area contributed by atoms with Crippen LogP contribution < -0.4 is 4.57 Å². The molecule has 0 N–H and O–H groups in total. The summed E-state index contributed by atoms with van der Waals surface area (Å²) in [6.45, 7) is 3.22. The second-order valence-electron chi connectivity index (χ2n) is 2.60. The van der Waals surface area contributed by atoms with E-state index in [4.69, 9.17) is 4.42 Å². The summed E-state index contributed by atoms with van der Waals surface area (Å²) in [5.74, 6) is 0.983. The average molecular weight is 139 g/mol. The molecule has 10 heavy (non-hydrogen) atoms. The number of fused-ring (bicyclic) bond motifs is 1. The molecule has 3 aromatic heterocycles. The second kappa shape index (κ2) is 1.75. The first-order valence-corrected chi connectivity index (χ1v) is 3.60. The summed E-state index contributed by atoms with van der Waals surface area (Å²) in [4.78, 5) is 0. The molecule has 54 valence electrons. The largest absolute Gasteiger partial charge is 0.467 e. The predicted octanol–water partition coefficient (Wildman–Crippen LogP) is 0.907. The van der Waals surface area contributed by atoms with Gasteiger partial charge in [0.05, 0.1) is 13.6 Å². The summed E-state index contributed by atoms with van der Waals surface area (Å²) in [5.41, 5.74) is 0.975. The van der Waals surface area contributed by atoms with Crippen LogP contribution in [0, 0.1) is 0 Å². The zero-order valence-corrected chi connectivity index (χ0v) is 6.29. The molecule has 2 bridgehead atoms. The van der Waals surface area contributed by atoms with Crippen molar-refractivity contribution in [1.29, 1.82) is 0 Å². The van der Waals surface area contributed by atoms with Crippen LogP contribution in [0.3, 0.4) is 0 Å². The number of oxazole rings is 1. The number of aromatic nitrogens is 2. The van der Waals surface area contributed by atoms with Crippen molar-refractivity contribution in [3.05, 3.63) is 6.20 Å². The fraction of sp³-hybridized carbons (Fsp3) is 0.571. The summed E-state index contributed by atoms with van der Waals surface area (Å²) in [5, 5.41) is 0. The maximum Gasteiger partial charge on any atom is 0.467 e. The predicted molar refractivity (Wildman–Crippen MR) is 36.9 cm³/mol. The first-order valence-electron chi connectivity index (χ1n) is 3.60. The molecule has 3 rings (SSSR count). The van der Waals surface area contributed by atoms with E-state index >= 15 is 0 Å². The standard InChI is InChI=1S/C7H11N2O/c1-3-4-9-5-6-8(2)7(9)10-6/h5H,3-4H2,1-2H3/q+1. The van der Waals surface area contributed by atoms with E-state index in [1.165, 1.54) is 0 Å². The molecule has 3 heteroatoms. The van der Waals surface area contributed by atoms with Gasteiger partial charge in [0.2, 0.25) is 0 Å². The minimum atomic E-state index is 0.975. The van der Waals surface area contributed by atoms with Gasteiger partial charge in [0, 0.05) is 0 Å². The maximum atomic E-state index is 5.26. The third kappa shape index (κ3) is 0.523. The van der Waals surface area contributed by atoms with Gasteiger partial charge >= 0.3 is 11.6 Å². The van der Waals surface area contributed by atoms with Crippen LogP contribution >= 0.6 is 0 Å². The number of hydrogen-bond acceptors (Lipinski definition) is 1. The van der Waals surface area contributed by atoms with Gasteiger partial charge in [-0.3, -0.25) is 0 Å². The third-order valence-corrected chi connectivity index (χ3v) is 1.79. The van der Waals surface area contributed by atoms with Crippen LogP contribution in [-0.4, -0.2) is 4.57 Å². The molecule has 0 radical (unpaired) electrons. The van der Waals surface area contributed by atoms with Crippen molar-refractivity contribution in [2.24, 2.45) is 7.05 Å². The summed E-state index contributed by atoms with van der Waals surface area (Å²) >= 11 is 0. The van der Waals surface area contributed by atoms with Crippen molar-refractivity contribution in [1.82, 2.24) is 4.57 Å². The second-order valence-corrected chi connectivity index (χ2v) is 2.60. The van der Waals surface area contributed by atoms with Gasteiger partial charge in [0.25, 0.3) is 0 Å². The number of hydrogen-bond donors (Lipinski definition) is 0. The fourth-order valence-electron chi connectivity index (χ4n) is 1.24. The fourth-order valence-corrected chi connectivity index (χ4v) is 1.24. The first kappa shape index (κ1) is 5.77. The molecule has 0 fully saturated rings. The Morgan fingerprint density at radius 3 is 2.90 bits per heavy atom. The molecule has 0 atom stereocenters. The molecule has 3 nitrogen and oxygen atoms in total. The summed E-state index contributed by atoms with van der Waals surface area (Å²) in [6.07, 6.45) is 3.20. The Hall–Kier alpha value is -0.990. The normalized spacial score (nSPS) is 11.8. The number of aryl methyl sites for hydroxylation is 2. The van der Waals surface area contributed by atoms with Crippen molar-refractivity contribution in [2.75, 3.05) is 0 Å². The van der Waals surface area contributed by atoms with Crippen LogP contribution in [0.4, 0.5) is 0 Å². The molecular formula is C7H11N2O+. The van der Waals surface area contributed by atoms with Crippen molar-refractivity contribution in [2.45, 2.75) is 19.9 Å². The Kier molecular flexibility index (Phi) is 1.01. The van der Waals surface area contributed by atoms with E-state index in [1.807, 2.05) is 13.2 Å². The lowest BCUT2D eigenvalue weighted by Crippen LogP contribution is -2.31. The monoisotopic (exact) mass is 139 g/mol. The molecular weight excluding hydrogens is 128 g/mol. The van der Waals surface area contributed by atoms with Gasteiger partial charge in [-0.05, 0) is 6.42 Å². The Bertz CT molecular complexity index is 320. The quantitative estimate of drug-likeness (QED) is 0.567. The lowest BCUT2D eigenvalue weighted by Gasteiger charge is -1.92. The molecule has 0 aliphatic heterocycles. The van der Waals surface area contributed by atoms with Crippen LogP contribution in [0.1, 0.15) is 13.3 Å². The number of imidazole rings is 1. The molecule has 3 aromatic rings. The highest BCUT2D eigenvalue weighted by atomic mass is 16.4. The molecule has 0 aromatic carbocycles. The van der Waals surface area contributed by atoms with E-state index in [0.717, 1.165) is 24.5 Å². The summed E-state index contributed by atoms with van der Waals surface area (Å²) in [6, 6.07) is 0. The Labute approximate surface area is 59.2 Å². The molecule has 0 aliphatic carbocycles. The lowest BCUT2D eigenvalue weighted by atomic mass is 10.5. The molecule has 0 unspecified atom stereocenters. The van der Waals surface area contributed by atoms with Crippen LogP contribution in [0.15, 0.2) is 10.6 Å². The third-order valence-electron chi connectivity index (χ3n) is 1.79. The van der Waals surface area contributed by atoms with Gasteiger partial charge < -0.3 is 4.42 Å². The van der Waals surface area contributed by atoms with E-state index in [1.54, 1.807) is 0 Å². The molecule has 0 spiro atoms. The van der Waals surface area contributed by atoms with Gasteiger partial charge in [-0.15, -0.1) is 0 Å². The van der Waals surface area contributed by atoms with Gasteiger partial charge in [-0.2, -0.15) is 9.13 Å². The van der Waals surface area contributed by atoms with Crippen LogP contribution in [0.5, 0.6) is 0 Å². The van der Waals surface area contributed by atoms with Crippen molar-refractivity contribution < 1.29 is 8.98 Å². The van der Waals surface area contributed by atoms with Crippen LogP contribution in [-0.2, 0) is 13.6 Å². The number of nitrogens with zero attached hydrogens (tertiary/aromatic N) is 2. The Morgan fingerprint density at radius 2 is 2.50 bits per heavy atom.